The molecule has 1 saturated heterocycles. The van der Waals surface area contributed by atoms with Gasteiger partial charge in [0.2, 0.25) is 5.91 Å². The van der Waals surface area contributed by atoms with E-state index in [4.69, 9.17) is 5.73 Å². The third-order valence-electron chi connectivity index (χ3n) is 4.96. The van der Waals surface area contributed by atoms with Gasteiger partial charge in [-0.2, -0.15) is 0 Å². The zero-order valence-corrected chi connectivity index (χ0v) is 13.1. The number of carbonyl (C=O) groups excluding carboxylic acids is 1. The predicted molar refractivity (Wildman–Crippen MR) is 80.0 cm³/mol. The Morgan fingerprint density at radius 1 is 1.37 bits per heavy atom. The average molecular weight is 269 g/mol. The lowest BCUT2D eigenvalue weighted by molar-refractivity contribution is -0.124. The van der Waals surface area contributed by atoms with Gasteiger partial charge in [-0.25, -0.2) is 0 Å². The van der Waals surface area contributed by atoms with Crippen molar-refractivity contribution in [3.8, 4) is 0 Å². The van der Waals surface area contributed by atoms with Crippen LogP contribution < -0.4 is 11.1 Å². The standard InChI is InChI=1S/C15H31N3O/c1-5-14(3)7-10-18(11-8-14)12-9-15(4,13(16)19)17-6-2/h17H,5-12H2,1-4H3,(H2,16,19). The third-order valence-corrected chi connectivity index (χ3v) is 4.96. The summed E-state index contributed by atoms with van der Waals surface area (Å²) < 4.78 is 0. The van der Waals surface area contributed by atoms with Gasteiger partial charge in [0.05, 0.1) is 5.54 Å². The number of primary amides is 1. The fraction of sp³-hybridized carbons (Fsp3) is 0.933. The number of nitrogens with zero attached hydrogens (tertiary/aromatic N) is 1. The molecule has 0 spiro atoms. The molecular formula is C15H31N3O. The Morgan fingerprint density at radius 2 is 1.95 bits per heavy atom. The van der Waals surface area contributed by atoms with Gasteiger partial charge in [-0.1, -0.05) is 27.2 Å². The molecule has 0 aromatic rings. The van der Waals surface area contributed by atoms with Crippen LogP contribution in [0.2, 0.25) is 0 Å². The topological polar surface area (TPSA) is 58.4 Å². The average Bonchev–Trinajstić information content (AvgIpc) is 2.38. The van der Waals surface area contributed by atoms with Gasteiger partial charge in [0.1, 0.15) is 0 Å². The van der Waals surface area contributed by atoms with E-state index in [0.717, 1.165) is 32.6 Å². The molecule has 0 aliphatic carbocycles. The lowest BCUT2D eigenvalue weighted by atomic mass is 9.78. The highest BCUT2D eigenvalue weighted by Crippen LogP contribution is 2.34. The summed E-state index contributed by atoms with van der Waals surface area (Å²) in [4.78, 5) is 14.0. The van der Waals surface area contributed by atoms with Crippen molar-refractivity contribution in [2.45, 2.75) is 58.9 Å². The number of piperidine rings is 1. The first-order valence-electron chi connectivity index (χ1n) is 7.62. The van der Waals surface area contributed by atoms with Gasteiger partial charge in [-0.05, 0) is 51.2 Å². The maximum atomic E-state index is 11.6. The maximum absolute atomic E-state index is 11.6. The molecule has 1 rings (SSSR count). The van der Waals surface area contributed by atoms with Gasteiger partial charge < -0.3 is 16.0 Å². The van der Waals surface area contributed by atoms with Crippen LogP contribution in [0.3, 0.4) is 0 Å². The molecule has 0 bridgehead atoms. The number of carbonyl (C=O) groups is 1. The van der Waals surface area contributed by atoms with Gasteiger partial charge in [0.25, 0.3) is 0 Å². The van der Waals surface area contributed by atoms with E-state index in [0.29, 0.717) is 5.41 Å². The van der Waals surface area contributed by atoms with Crippen molar-refractivity contribution in [1.29, 1.82) is 0 Å². The SMILES string of the molecule is CCNC(C)(CCN1CCC(C)(CC)CC1)C(N)=O. The molecule has 1 fully saturated rings. The fourth-order valence-electron chi connectivity index (χ4n) is 2.74. The number of rotatable bonds is 7. The van der Waals surface area contributed by atoms with Crippen LogP contribution >= 0.6 is 0 Å². The second-order valence-corrected chi connectivity index (χ2v) is 6.48. The Hall–Kier alpha value is -0.610. The highest BCUT2D eigenvalue weighted by Gasteiger charge is 2.32. The van der Waals surface area contributed by atoms with Crippen LogP contribution in [0.5, 0.6) is 0 Å². The van der Waals surface area contributed by atoms with Gasteiger partial charge in [0.15, 0.2) is 0 Å². The Kier molecular flexibility index (Phi) is 5.81. The van der Waals surface area contributed by atoms with Crippen LogP contribution in [0.15, 0.2) is 0 Å². The molecule has 0 saturated carbocycles. The largest absolute Gasteiger partial charge is 0.368 e. The number of amides is 1. The lowest BCUT2D eigenvalue weighted by Gasteiger charge is -2.40. The second kappa shape index (κ2) is 6.71. The van der Waals surface area contributed by atoms with E-state index in [1.54, 1.807) is 0 Å². The summed E-state index contributed by atoms with van der Waals surface area (Å²) in [5.41, 5.74) is 5.47. The highest BCUT2D eigenvalue weighted by molar-refractivity contribution is 5.84. The predicted octanol–water partition coefficient (Wildman–Crippen LogP) is 1.74. The molecule has 1 heterocycles. The molecule has 4 nitrogen and oxygen atoms in total. The Bertz CT molecular complexity index is 298. The number of nitrogens with one attached hydrogen (secondary N) is 1. The minimum absolute atomic E-state index is 0.246. The summed E-state index contributed by atoms with van der Waals surface area (Å²) >= 11 is 0. The molecular weight excluding hydrogens is 238 g/mol. The van der Waals surface area contributed by atoms with E-state index in [9.17, 15) is 4.79 Å². The van der Waals surface area contributed by atoms with E-state index >= 15 is 0 Å². The third kappa shape index (κ3) is 4.46. The van der Waals surface area contributed by atoms with E-state index < -0.39 is 5.54 Å². The molecule has 4 heteroatoms. The molecule has 1 aliphatic heterocycles. The lowest BCUT2D eigenvalue weighted by Crippen LogP contribution is -2.55. The molecule has 0 aromatic heterocycles. The molecule has 0 aromatic carbocycles. The van der Waals surface area contributed by atoms with Gasteiger partial charge in [-0.3, -0.25) is 4.79 Å². The summed E-state index contributed by atoms with van der Waals surface area (Å²) in [6.07, 6.45) is 4.58. The van der Waals surface area contributed by atoms with Crippen LogP contribution in [0.25, 0.3) is 0 Å². The van der Waals surface area contributed by atoms with Crippen LogP contribution in [-0.4, -0.2) is 42.5 Å². The molecule has 0 radical (unpaired) electrons. The molecule has 3 N–H and O–H groups in total. The summed E-state index contributed by atoms with van der Waals surface area (Å²) in [5, 5.41) is 3.22. The van der Waals surface area contributed by atoms with Crippen molar-refractivity contribution in [2.24, 2.45) is 11.1 Å². The highest BCUT2D eigenvalue weighted by atomic mass is 16.1. The Labute approximate surface area is 118 Å². The Morgan fingerprint density at radius 3 is 2.37 bits per heavy atom. The van der Waals surface area contributed by atoms with Crippen LogP contribution in [0.4, 0.5) is 0 Å². The number of hydrogen-bond acceptors (Lipinski definition) is 3. The Balaban J connectivity index is 2.43. The second-order valence-electron chi connectivity index (χ2n) is 6.48. The van der Waals surface area contributed by atoms with Crippen LogP contribution in [-0.2, 0) is 4.79 Å². The zero-order chi connectivity index (χ0) is 14.5. The minimum Gasteiger partial charge on any atom is -0.368 e. The first kappa shape index (κ1) is 16.4. The molecule has 1 atom stereocenters. The van der Waals surface area contributed by atoms with E-state index in [1.165, 1.54) is 19.3 Å². The summed E-state index contributed by atoms with van der Waals surface area (Å²) in [5.74, 6) is -0.246. The fourth-order valence-corrected chi connectivity index (χ4v) is 2.74. The maximum Gasteiger partial charge on any atom is 0.237 e. The number of likely N-dealkylation sites (tertiary alicyclic amines) is 1. The van der Waals surface area contributed by atoms with Crippen molar-refractivity contribution in [3.63, 3.8) is 0 Å². The first-order valence-corrected chi connectivity index (χ1v) is 7.62. The van der Waals surface area contributed by atoms with Crippen molar-refractivity contribution in [2.75, 3.05) is 26.2 Å². The summed E-state index contributed by atoms with van der Waals surface area (Å²) in [6, 6.07) is 0. The smallest absolute Gasteiger partial charge is 0.237 e. The minimum atomic E-state index is -0.569. The van der Waals surface area contributed by atoms with Crippen LogP contribution in [0.1, 0.15) is 53.4 Å². The van der Waals surface area contributed by atoms with Crippen molar-refractivity contribution < 1.29 is 4.79 Å². The number of nitrogens with two attached hydrogens (primary N) is 1. The molecule has 1 unspecified atom stereocenters. The summed E-state index contributed by atoms with van der Waals surface area (Å²) in [7, 11) is 0. The number of hydrogen-bond donors (Lipinski definition) is 2. The molecule has 112 valence electrons. The van der Waals surface area contributed by atoms with Gasteiger partial charge in [0, 0.05) is 6.54 Å². The van der Waals surface area contributed by atoms with Gasteiger partial charge >= 0.3 is 0 Å². The normalized spacial score (nSPS) is 22.9. The summed E-state index contributed by atoms with van der Waals surface area (Å²) in [6.45, 7) is 12.6. The monoisotopic (exact) mass is 269 g/mol. The molecule has 1 amide bonds. The van der Waals surface area contributed by atoms with Crippen LogP contribution in [0, 0.1) is 5.41 Å². The van der Waals surface area contributed by atoms with E-state index in [2.05, 4.69) is 24.1 Å². The molecule has 1 aliphatic rings. The quantitative estimate of drug-likeness (QED) is 0.740. The molecule has 19 heavy (non-hydrogen) atoms. The van der Waals surface area contributed by atoms with Crippen molar-refractivity contribution in [1.82, 2.24) is 10.2 Å². The van der Waals surface area contributed by atoms with Crippen molar-refractivity contribution in [3.05, 3.63) is 0 Å². The van der Waals surface area contributed by atoms with Crippen molar-refractivity contribution >= 4 is 5.91 Å². The van der Waals surface area contributed by atoms with E-state index in [1.807, 2.05) is 13.8 Å². The van der Waals surface area contributed by atoms with Gasteiger partial charge in [-0.15, -0.1) is 0 Å². The number of likely N-dealkylation sites (N-methyl/N-ethyl adjacent to an activating group) is 1. The zero-order valence-electron chi connectivity index (χ0n) is 13.1. The first-order chi connectivity index (χ1) is 8.85. The van der Waals surface area contributed by atoms with E-state index in [-0.39, 0.29) is 5.91 Å².